The molecular formula is C42H83NO4. The molecule has 0 aromatic carbocycles. The summed E-state index contributed by atoms with van der Waals surface area (Å²) in [4.78, 5) is 12.4. The highest BCUT2D eigenvalue weighted by atomic mass is 16.3. The van der Waals surface area contributed by atoms with Crippen molar-refractivity contribution < 1.29 is 20.1 Å². The van der Waals surface area contributed by atoms with Gasteiger partial charge in [0.2, 0.25) is 5.91 Å². The number of hydrogen-bond donors (Lipinski definition) is 4. The van der Waals surface area contributed by atoms with Gasteiger partial charge in [-0.05, 0) is 38.5 Å². The smallest absolute Gasteiger partial charge is 0.220 e. The van der Waals surface area contributed by atoms with Crippen molar-refractivity contribution in [3.63, 3.8) is 0 Å². The van der Waals surface area contributed by atoms with Gasteiger partial charge in [0.1, 0.15) is 6.10 Å². The number of rotatable bonds is 38. The zero-order chi connectivity index (χ0) is 34.5. The predicted octanol–water partition coefficient (Wildman–Crippen LogP) is 11.7. The first-order valence-corrected chi connectivity index (χ1v) is 21.0. The van der Waals surface area contributed by atoms with E-state index in [1.165, 1.54) is 154 Å². The molecule has 0 radical (unpaired) electrons. The minimum Gasteiger partial charge on any atom is -0.394 e. The lowest BCUT2D eigenvalue weighted by molar-refractivity contribution is -0.124. The molecule has 0 aromatic heterocycles. The molecule has 5 heteroatoms. The first kappa shape index (κ1) is 46.1. The van der Waals surface area contributed by atoms with E-state index < -0.39 is 18.2 Å². The van der Waals surface area contributed by atoms with Crippen LogP contribution in [0.25, 0.3) is 0 Å². The minimum absolute atomic E-state index is 0.146. The molecule has 0 aliphatic carbocycles. The summed E-state index contributed by atoms with van der Waals surface area (Å²) in [5.41, 5.74) is 0. The van der Waals surface area contributed by atoms with Gasteiger partial charge in [-0.3, -0.25) is 4.79 Å². The molecule has 3 unspecified atom stereocenters. The monoisotopic (exact) mass is 666 g/mol. The summed E-state index contributed by atoms with van der Waals surface area (Å²) >= 11 is 0. The van der Waals surface area contributed by atoms with E-state index in [0.29, 0.717) is 12.8 Å². The van der Waals surface area contributed by atoms with E-state index >= 15 is 0 Å². The van der Waals surface area contributed by atoms with Crippen molar-refractivity contribution in [1.82, 2.24) is 5.32 Å². The Morgan fingerprint density at radius 1 is 0.511 bits per heavy atom. The Balaban J connectivity index is 3.65. The molecule has 0 saturated heterocycles. The quantitative estimate of drug-likeness (QED) is 0.0390. The molecule has 47 heavy (non-hydrogen) atoms. The van der Waals surface area contributed by atoms with Crippen molar-refractivity contribution in [1.29, 1.82) is 0 Å². The summed E-state index contributed by atoms with van der Waals surface area (Å²) in [5, 5.41) is 33.5. The summed E-state index contributed by atoms with van der Waals surface area (Å²) in [6.45, 7) is 4.18. The summed E-state index contributed by atoms with van der Waals surface area (Å²) in [7, 11) is 0. The van der Waals surface area contributed by atoms with Gasteiger partial charge in [-0.15, -0.1) is 0 Å². The number of nitrogens with one attached hydrogen (secondary N) is 1. The third kappa shape index (κ3) is 33.4. The average Bonchev–Trinajstić information content (AvgIpc) is 3.07. The van der Waals surface area contributed by atoms with Crippen LogP contribution in [0.2, 0.25) is 0 Å². The number of aliphatic hydroxyl groups is 3. The highest BCUT2D eigenvalue weighted by molar-refractivity contribution is 5.76. The van der Waals surface area contributed by atoms with Crippen LogP contribution in [0.4, 0.5) is 0 Å². The topological polar surface area (TPSA) is 89.8 Å². The van der Waals surface area contributed by atoms with Gasteiger partial charge in [0, 0.05) is 6.42 Å². The zero-order valence-electron chi connectivity index (χ0n) is 31.7. The SMILES string of the molecule is CCCCCCCCCCC/C=C/CCCCCCCC(O)C(O)C(CO)NC(=O)CCCCCCCCCCCCCCCCC. The van der Waals surface area contributed by atoms with Crippen LogP contribution in [0.1, 0.15) is 226 Å². The van der Waals surface area contributed by atoms with Gasteiger partial charge >= 0.3 is 0 Å². The van der Waals surface area contributed by atoms with Gasteiger partial charge in [0.25, 0.3) is 0 Å². The second-order valence-electron chi connectivity index (χ2n) is 14.5. The Labute approximate surface area is 293 Å². The maximum Gasteiger partial charge on any atom is 0.220 e. The minimum atomic E-state index is -1.14. The molecule has 5 nitrogen and oxygen atoms in total. The van der Waals surface area contributed by atoms with Gasteiger partial charge in [0.05, 0.1) is 18.8 Å². The van der Waals surface area contributed by atoms with Gasteiger partial charge in [0.15, 0.2) is 0 Å². The molecule has 3 atom stereocenters. The fourth-order valence-corrected chi connectivity index (χ4v) is 6.57. The van der Waals surface area contributed by atoms with Gasteiger partial charge in [-0.2, -0.15) is 0 Å². The van der Waals surface area contributed by atoms with Crippen LogP contribution < -0.4 is 5.32 Å². The van der Waals surface area contributed by atoms with E-state index in [-0.39, 0.29) is 12.5 Å². The van der Waals surface area contributed by atoms with Crippen LogP contribution in [0.5, 0.6) is 0 Å². The number of unbranched alkanes of at least 4 members (excludes halogenated alkanes) is 28. The Bertz CT molecular complexity index is 655. The second kappa shape index (κ2) is 37.9. The summed E-state index contributed by atoms with van der Waals surface area (Å²) in [6.07, 6.45) is 43.1. The Morgan fingerprint density at radius 2 is 0.851 bits per heavy atom. The average molecular weight is 666 g/mol. The molecule has 0 fully saturated rings. The molecule has 0 rings (SSSR count). The van der Waals surface area contributed by atoms with Crippen LogP contribution >= 0.6 is 0 Å². The first-order chi connectivity index (χ1) is 23.1. The molecule has 0 aliphatic heterocycles. The highest BCUT2D eigenvalue weighted by Gasteiger charge is 2.26. The van der Waals surface area contributed by atoms with Crippen molar-refractivity contribution in [2.24, 2.45) is 0 Å². The second-order valence-corrected chi connectivity index (χ2v) is 14.5. The lowest BCUT2D eigenvalue weighted by atomic mass is 9.99. The van der Waals surface area contributed by atoms with Gasteiger partial charge < -0.3 is 20.6 Å². The maximum absolute atomic E-state index is 12.4. The fraction of sp³-hybridized carbons (Fsp3) is 0.929. The van der Waals surface area contributed by atoms with E-state index in [9.17, 15) is 20.1 Å². The lowest BCUT2D eigenvalue weighted by Crippen LogP contribution is -2.50. The molecule has 0 aromatic rings. The van der Waals surface area contributed by atoms with Crippen LogP contribution in [-0.2, 0) is 4.79 Å². The van der Waals surface area contributed by atoms with Crippen molar-refractivity contribution in [3.8, 4) is 0 Å². The Morgan fingerprint density at radius 3 is 1.23 bits per heavy atom. The zero-order valence-corrected chi connectivity index (χ0v) is 31.7. The molecule has 0 spiro atoms. The fourth-order valence-electron chi connectivity index (χ4n) is 6.57. The van der Waals surface area contributed by atoms with Crippen molar-refractivity contribution >= 4 is 5.91 Å². The highest BCUT2D eigenvalue weighted by Crippen LogP contribution is 2.16. The third-order valence-corrected chi connectivity index (χ3v) is 9.87. The van der Waals surface area contributed by atoms with Gasteiger partial charge in [-0.1, -0.05) is 193 Å². The first-order valence-electron chi connectivity index (χ1n) is 21.0. The number of carbonyl (C=O) groups is 1. The number of aliphatic hydroxyl groups excluding tert-OH is 3. The molecule has 0 heterocycles. The third-order valence-electron chi connectivity index (χ3n) is 9.87. The van der Waals surface area contributed by atoms with E-state index in [1.54, 1.807) is 0 Å². The molecule has 0 aliphatic rings. The Hall–Kier alpha value is -0.910. The molecule has 1 amide bonds. The standard InChI is InChI=1S/C42H83NO4/c1-3-5-7-9-11-13-15-17-19-20-21-23-24-26-28-30-32-34-36-40(45)42(47)39(38-44)43-41(46)37-35-33-31-29-27-25-22-18-16-14-12-10-8-6-4-2/h21,23,39-40,42,44-45,47H,3-20,22,24-38H2,1-2H3,(H,43,46)/b23-21+. The number of carbonyl (C=O) groups excluding carboxylic acids is 1. The van der Waals surface area contributed by atoms with Crippen LogP contribution in [0.3, 0.4) is 0 Å². The van der Waals surface area contributed by atoms with Crippen LogP contribution in [0, 0.1) is 0 Å². The van der Waals surface area contributed by atoms with Gasteiger partial charge in [-0.25, -0.2) is 0 Å². The molecule has 4 N–H and O–H groups in total. The Kier molecular flexibility index (Phi) is 37.2. The maximum atomic E-state index is 12.4. The van der Waals surface area contributed by atoms with Crippen LogP contribution in [0.15, 0.2) is 12.2 Å². The molecular weight excluding hydrogens is 582 g/mol. The van der Waals surface area contributed by atoms with Crippen molar-refractivity contribution in [2.45, 2.75) is 244 Å². The van der Waals surface area contributed by atoms with Crippen molar-refractivity contribution in [2.75, 3.05) is 6.61 Å². The number of amides is 1. The predicted molar refractivity (Wildman–Crippen MR) is 204 cm³/mol. The largest absolute Gasteiger partial charge is 0.394 e. The van der Waals surface area contributed by atoms with Crippen molar-refractivity contribution in [3.05, 3.63) is 12.2 Å². The van der Waals surface area contributed by atoms with E-state index in [0.717, 1.165) is 44.9 Å². The summed E-state index contributed by atoms with van der Waals surface area (Å²) < 4.78 is 0. The van der Waals surface area contributed by atoms with E-state index in [1.807, 2.05) is 0 Å². The number of hydrogen-bond acceptors (Lipinski definition) is 4. The molecule has 280 valence electrons. The summed E-state index contributed by atoms with van der Waals surface area (Å²) in [6, 6.07) is -0.809. The summed E-state index contributed by atoms with van der Waals surface area (Å²) in [5.74, 6) is -0.146. The van der Waals surface area contributed by atoms with E-state index in [4.69, 9.17) is 0 Å². The normalized spacial score (nSPS) is 13.7. The number of allylic oxidation sites excluding steroid dienone is 2. The van der Waals surface area contributed by atoms with E-state index in [2.05, 4.69) is 31.3 Å². The molecule has 0 saturated carbocycles. The van der Waals surface area contributed by atoms with Crippen LogP contribution in [-0.4, -0.2) is 46.1 Å². The lowest BCUT2D eigenvalue weighted by Gasteiger charge is -2.26. The molecule has 0 bridgehead atoms.